The molecule has 8 nitrogen and oxygen atoms in total. The number of rotatable bonds is 2. The Morgan fingerprint density at radius 1 is 0.607 bits per heavy atom. The summed E-state index contributed by atoms with van der Waals surface area (Å²) in [6.07, 6.45) is 9.87. The SMILES string of the molecule is O=C(NNC(=S)N[C@H]1C[C@H]2CC[C@H]1C2)C(=O)NNC(=S)N[C@@H]1C[C@H]2CC[C@H]1C2. The average molecular weight is 425 g/mol. The maximum Gasteiger partial charge on any atom is 0.329 e. The quantitative estimate of drug-likeness (QED) is 0.214. The summed E-state index contributed by atoms with van der Waals surface area (Å²) in [5.74, 6) is 1.25. The summed E-state index contributed by atoms with van der Waals surface area (Å²) < 4.78 is 0. The predicted molar refractivity (Wildman–Crippen MR) is 112 cm³/mol. The van der Waals surface area contributed by atoms with E-state index in [9.17, 15) is 9.59 Å². The number of thiocarbonyl (C=S) groups is 2. The van der Waals surface area contributed by atoms with Crippen LogP contribution in [0, 0.1) is 23.7 Å². The highest BCUT2D eigenvalue weighted by Crippen LogP contribution is 2.45. The van der Waals surface area contributed by atoms with Gasteiger partial charge in [-0.2, -0.15) is 0 Å². The van der Waals surface area contributed by atoms with Gasteiger partial charge in [0, 0.05) is 12.1 Å². The van der Waals surface area contributed by atoms with Crippen molar-refractivity contribution >= 4 is 46.5 Å². The van der Waals surface area contributed by atoms with E-state index in [0.29, 0.717) is 34.1 Å². The molecule has 2 amide bonds. The summed E-state index contributed by atoms with van der Waals surface area (Å²) in [6, 6.07) is 0.723. The van der Waals surface area contributed by atoms with Gasteiger partial charge in [0.15, 0.2) is 10.2 Å². The fourth-order valence-electron chi connectivity index (χ4n) is 5.59. The third-order valence-electron chi connectivity index (χ3n) is 6.89. The Hall–Kier alpha value is -1.68. The van der Waals surface area contributed by atoms with Crippen molar-refractivity contribution < 1.29 is 9.59 Å². The molecule has 0 aliphatic heterocycles. The minimum absolute atomic E-state index is 0.333. The van der Waals surface area contributed by atoms with Crippen molar-refractivity contribution in [2.75, 3.05) is 0 Å². The monoisotopic (exact) mass is 424 g/mol. The lowest BCUT2D eigenvalue weighted by atomic mass is 9.96. The van der Waals surface area contributed by atoms with Gasteiger partial charge in [0.05, 0.1) is 0 Å². The second kappa shape index (κ2) is 8.36. The Bertz CT molecular complexity index is 618. The van der Waals surface area contributed by atoms with Crippen LogP contribution in [0.3, 0.4) is 0 Å². The fraction of sp³-hybridized carbons (Fsp3) is 0.778. The molecule has 0 unspecified atom stereocenters. The Morgan fingerprint density at radius 2 is 1.04 bits per heavy atom. The summed E-state index contributed by atoms with van der Waals surface area (Å²) in [5.41, 5.74) is 9.82. The van der Waals surface area contributed by atoms with Gasteiger partial charge < -0.3 is 10.6 Å². The lowest BCUT2D eigenvalue weighted by Crippen LogP contribution is -2.57. The summed E-state index contributed by atoms with van der Waals surface area (Å²) in [7, 11) is 0. The summed E-state index contributed by atoms with van der Waals surface area (Å²) >= 11 is 10.4. The normalized spacial score (nSPS) is 34.6. The molecule has 4 rings (SSSR count). The van der Waals surface area contributed by atoms with E-state index in [-0.39, 0.29) is 0 Å². The van der Waals surface area contributed by atoms with E-state index >= 15 is 0 Å². The number of carbonyl (C=O) groups is 2. The van der Waals surface area contributed by atoms with Gasteiger partial charge in [0.1, 0.15) is 0 Å². The molecule has 0 aromatic rings. The zero-order valence-electron chi connectivity index (χ0n) is 15.8. The molecule has 0 radical (unpaired) electrons. The van der Waals surface area contributed by atoms with E-state index in [4.69, 9.17) is 24.4 Å². The number of amides is 2. The first-order valence-electron chi connectivity index (χ1n) is 10.2. The van der Waals surface area contributed by atoms with Crippen molar-refractivity contribution in [3.63, 3.8) is 0 Å². The molecular weight excluding hydrogens is 396 g/mol. The smallest absolute Gasteiger partial charge is 0.329 e. The Kier molecular flexibility index (Phi) is 5.86. The van der Waals surface area contributed by atoms with Gasteiger partial charge in [-0.25, -0.2) is 0 Å². The van der Waals surface area contributed by atoms with Gasteiger partial charge in [-0.3, -0.25) is 31.3 Å². The number of fused-ring (bicyclic) bond motifs is 4. The van der Waals surface area contributed by atoms with E-state index in [2.05, 4.69) is 32.3 Å². The zero-order valence-corrected chi connectivity index (χ0v) is 17.4. The minimum atomic E-state index is -0.840. The standard InChI is InChI=1S/C18H28N6O2S2/c25-15(21-23-17(27)19-13-7-9-1-3-11(13)5-9)16(26)22-24-18(28)20-14-8-10-2-4-12(14)6-10/h9-14H,1-8H2,(H,21,25)(H,22,26)(H2,19,23,27)(H2,20,24,28)/t9-,10-,11-,12-,13-,14+/m0/s1. The topological polar surface area (TPSA) is 106 Å². The van der Waals surface area contributed by atoms with Gasteiger partial charge >= 0.3 is 11.8 Å². The Morgan fingerprint density at radius 3 is 1.36 bits per heavy atom. The number of nitrogens with one attached hydrogen (secondary N) is 6. The van der Waals surface area contributed by atoms with Crippen LogP contribution in [0.4, 0.5) is 0 Å². The van der Waals surface area contributed by atoms with Crippen LogP contribution < -0.4 is 32.3 Å². The number of carbonyl (C=O) groups excluding carboxylic acids is 2. The van der Waals surface area contributed by atoms with Crippen molar-refractivity contribution in [2.45, 2.75) is 63.5 Å². The van der Waals surface area contributed by atoms with Crippen LogP contribution in [0.15, 0.2) is 0 Å². The first-order chi connectivity index (χ1) is 13.5. The number of hydrogen-bond donors (Lipinski definition) is 6. The van der Waals surface area contributed by atoms with Crippen molar-refractivity contribution in [1.29, 1.82) is 0 Å². The predicted octanol–water partition coefficient (Wildman–Crippen LogP) is 0.354. The third-order valence-corrected chi connectivity index (χ3v) is 7.33. The third kappa shape index (κ3) is 4.48. The lowest BCUT2D eigenvalue weighted by molar-refractivity contribution is -0.139. The van der Waals surface area contributed by atoms with Gasteiger partial charge in [0.25, 0.3) is 0 Å². The number of hydrogen-bond acceptors (Lipinski definition) is 4. The molecule has 28 heavy (non-hydrogen) atoms. The zero-order chi connectivity index (χ0) is 19.7. The molecule has 154 valence electrons. The van der Waals surface area contributed by atoms with Crippen molar-refractivity contribution in [3.8, 4) is 0 Å². The van der Waals surface area contributed by atoms with E-state index < -0.39 is 11.8 Å². The van der Waals surface area contributed by atoms with Gasteiger partial charge in [0.2, 0.25) is 0 Å². The molecule has 0 aromatic carbocycles. The molecular formula is C18H28N6O2S2. The van der Waals surface area contributed by atoms with Crippen LogP contribution in [-0.2, 0) is 9.59 Å². The maximum absolute atomic E-state index is 11.9. The number of hydrazine groups is 2. The molecule has 4 saturated carbocycles. The first kappa shape index (κ1) is 19.6. The molecule has 10 heteroatoms. The van der Waals surface area contributed by atoms with Crippen LogP contribution >= 0.6 is 24.4 Å². The summed E-state index contributed by atoms with van der Waals surface area (Å²) in [4.78, 5) is 23.8. The second-order valence-electron chi connectivity index (χ2n) is 8.67. The maximum atomic E-state index is 11.9. The van der Waals surface area contributed by atoms with Crippen LogP contribution in [0.2, 0.25) is 0 Å². The average Bonchev–Trinajstić information content (AvgIpc) is 3.45. The molecule has 6 atom stereocenters. The summed E-state index contributed by atoms with van der Waals surface area (Å²) in [5, 5.41) is 7.14. The van der Waals surface area contributed by atoms with E-state index in [1.807, 2.05) is 0 Å². The molecule has 4 fully saturated rings. The highest BCUT2D eigenvalue weighted by Gasteiger charge is 2.40. The van der Waals surface area contributed by atoms with Crippen LogP contribution in [0.1, 0.15) is 51.4 Å². The molecule has 4 aliphatic carbocycles. The van der Waals surface area contributed by atoms with Crippen molar-refractivity contribution in [3.05, 3.63) is 0 Å². The molecule has 4 aliphatic rings. The van der Waals surface area contributed by atoms with E-state index in [1.54, 1.807) is 0 Å². The Balaban J connectivity index is 1.10. The highest BCUT2D eigenvalue weighted by molar-refractivity contribution is 7.80. The molecule has 0 spiro atoms. The fourth-order valence-corrected chi connectivity index (χ4v) is 6.00. The molecule has 0 heterocycles. The van der Waals surface area contributed by atoms with Crippen LogP contribution in [0.5, 0.6) is 0 Å². The molecule has 6 N–H and O–H groups in total. The van der Waals surface area contributed by atoms with Crippen LogP contribution in [0.25, 0.3) is 0 Å². The highest BCUT2D eigenvalue weighted by atomic mass is 32.1. The molecule has 0 aromatic heterocycles. The van der Waals surface area contributed by atoms with Gasteiger partial charge in [-0.1, -0.05) is 12.8 Å². The largest absolute Gasteiger partial charge is 0.358 e. The van der Waals surface area contributed by atoms with Gasteiger partial charge in [-0.05, 0) is 86.6 Å². The second-order valence-corrected chi connectivity index (χ2v) is 9.48. The van der Waals surface area contributed by atoms with E-state index in [1.165, 1.54) is 38.5 Å². The van der Waals surface area contributed by atoms with Gasteiger partial charge in [-0.15, -0.1) is 0 Å². The molecule has 0 saturated heterocycles. The van der Waals surface area contributed by atoms with E-state index in [0.717, 1.165) is 24.7 Å². The summed E-state index contributed by atoms with van der Waals surface area (Å²) in [6.45, 7) is 0. The minimum Gasteiger partial charge on any atom is -0.358 e. The lowest BCUT2D eigenvalue weighted by Gasteiger charge is -2.25. The van der Waals surface area contributed by atoms with Crippen molar-refractivity contribution in [2.24, 2.45) is 23.7 Å². The first-order valence-corrected chi connectivity index (χ1v) is 11.0. The van der Waals surface area contributed by atoms with Crippen molar-refractivity contribution in [1.82, 2.24) is 32.3 Å². The Labute approximate surface area is 175 Å². The molecule has 4 bridgehead atoms. The van der Waals surface area contributed by atoms with Crippen LogP contribution in [-0.4, -0.2) is 34.1 Å².